The smallest absolute Gasteiger partial charge is 0.0587 e. The van der Waals surface area contributed by atoms with E-state index in [-0.39, 0.29) is 0 Å². The number of likely N-dealkylation sites (N-methyl/N-ethyl adjacent to an activating group) is 1. The maximum atomic E-state index is 4.96. The Morgan fingerprint density at radius 3 is 3.07 bits per heavy atom. The normalized spacial score (nSPS) is 24.0. The van der Waals surface area contributed by atoms with Gasteiger partial charge in [0.2, 0.25) is 0 Å². The Hall–Kier alpha value is -0.160. The summed E-state index contributed by atoms with van der Waals surface area (Å²) in [6.45, 7) is 6.31. The minimum Gasteiger partial charge on any atom is -0.383 e. The van der Waals surface area contributed by atoms with Crippen LogP contribution in [0.1, 0.15) is 6.42 Å². The number of methoxy groups -OCH3 is 1. The average molecular weight is 201 g/mol. The molecule has 0 radical (unpaired) electrons. The summed E-state index contributed by atoms with van der Waals surface area (Å²) in [5.41, 5.74) is 0. The van der Waals surface area contributed by atoms with Gasteiger partial charge in [-0.2, -0.15) is 0 Å². The number of nitrogens with one attached hydrogen (secondary N) is 2. The Morgan fingerprint density at radius 2 is 2.36 bits per heavy atom. The summed E-state index contributed by atoms with van der Waals surface area (Å²) in [6.07, 6.45) is 1.20. The molecule has 0 aromatic heterocycles. The van der Waals surface area contributed by atoms with Crippen molar-refractivity contribution in [3.8, 4) is 0 Å². The van der Waals surface area contributed by atoms with Crippen molar-refractivity contribution in [2.45, 2.75) is 12.5 Å². The lowest BCUT2D eigenvalue weighted by Gasteiger charge is -2.30. The summed E-state index contributed by atoms with van der Waals surface area (Å²) in [4.78, 5) is 2.39. The molecule has 4 heteroatoms. The lowest BCUT2D eigenvalue weighted by molar-refractivity contribution is 0.196. The van der Waals surface area contributed by atoms with E-state index < -0.39 is 0 Å². The second-order valence-electron chi connectivity index (χ2n) is 3.94. The lowest BCUT2D eigenvalue weighted by Crippen LogP contribution is -2.49. The van der Waals surface area contributed by atoms with Crippen molar-refractivity contribution >= 4 is 0 Å². The van der Waals surface area contributed by atoms with Crippen molar-refractivity contribution in [2.24, 2.45) is 0 Å². The molecule has 1 aliphatic heterocycles. The largest absolute Gasteiger partial charge is 0.383 e. The van der Waals surface area contributed by atoms with Crippen LogP contribution in [0, 0.1) is 0 Å². The summed E-state index contributed by atoms with van der Waals surface area (Å²) in [5.74, 6) is 0. The molecule has 0 aliphatic carbocycles. The van der Waals surface area contributed by atoms with E-state index in [9.17, 15) is 0 Å². The first kappa shape index (κ1) is 11.9. The molecular formula is C10H23N3O. The lowest BCUT2D eigenvalue weighted by atomic mass is 10.1. The molecule has 0 spiro atoms. The first-order chi connectivity index (χ1) is 6.83. The van der Waals surface area contributed by atoms with Crippen molar-refractivity contribution in [3.63, 3.8) is 0 Å². The first-order valence-electron chi connectivity index (χ1n) is 5.44. The van der Waals surface area contributed by atoms with Gasteiger partial charge in [-0.25, -0.2) is 0 Å². The predicted molar refractivity (Wildman–Crippen MR) is 58.7 cm³/mol. The fourth-order valence-corrected chi connectivity index (χ4v) is 1.76. The van der Waals surface area contributed by atoms with Gasteiger partial charge in [-0.3, -0.25) is 0 Å². The second kappa shape index (κ2) is 7.17. The van der Waals surface area contributed by atoms with E-state index in [0.29, 0.717) is 6.04 Å². The molecule has 2 N–H and O–H groups in total. The van der Waals surface area contributed by atoms with Crippen LogP contribution in [0.25, 0.3) is 0 Å². The zero-order valence-corrected chi connectivity index (χ0v) is 9.38. The molecule has 4 nitrogen and oxygen atoms in total. The molecule has 1 aliphatic rings. The van der Waals surface area contributed by atoms with E-state index in [1.807, 2.05) is 0 Å². The van der Waals surface area contributed by atoms with Crippen LogP contribution < -0.4 is 10.6 Å². The highest BCUT2D eigenvalue weighted by Gasteiger charge is 2.15. The topological polar surface area (TPSA) is 36.5 Å². The summed E-state index contributed by atoms with van der Waals surface area (Å²) < 4.78 is 4.96. The molecule has 1 unspecified atom stereocenters. The fraction of sp³-hybridized carbons (Fsp3) is 1.00. The minimum atomic E-state index is 0.656. The molecular weight excluding hydrogens is 178 g/mol. The molecule has 1 rings (SSSR count). The quantitative estimate of drug-likeness (QED) is 0.569. The van der Waals surface area contributed by atoms with Crippen LogP contribution in [0.3, 0.4) is 0 Å². The van der Waals surface area contributed by atoms with E-state index in [1.165, 1.54) is 19.5 Å². The van der Waals surface area contributed by atoms with E-state index in [2.05, 4.69) is 22.6 Å². The van der Waals surface area contributed by atoms with Gasteiger partial charge in [0.15, 0.2) is 0 Å². The van der Waals surface area contributed by atoms with Crippen molar-refractivity contribution in [1.82, 2.24) is 15.5 Å². The fourth-order valence-electron chi connectivity index (χ4n) is 1.76. The minimum absolute atomic E-state index is 0.656. The molecule has 0 amide bonds. The van der Waals surface area contributed by atoms with Crippen LogP contribution >= 0.6 is 0 Å². The third-order valence-corrected chi connectivity index (χ3v) is 2.61. The predicted octanol–water partition coefficient (Wildman–Crippen LogP) is -0.484. The van der Waals surface area contributed by atoms with E-state index in [1.54, 1.807) is 7.11 Å². The standard InChI is InChI=1S/C10H23N3O/c1-13-7-5-12-10(9-13)3-4-11-6-8-14-2/h10-12H,3-9H2,1-2H3. The van der Waals surface area contributed by atoms with Gasteiger partial charge in [-0.05, 0) is 20.0 Å². The van der Waals surface area contributed by atoms with Gasteiger partial charge in [0.25, 0.3) is 0 Å². The van der Waals surface area contributed by atoms with Gasteiger partial charge in [0.05, 0.1) is 6.61 Å². The van der Waals surface area contributed by atoms with Crippen molar-refractivity contribution in [1.29, 1.82) is 0 Å². The second-order valence-corrected chi connectivity index (χ2v) is 3.94. The number of hydrogen-bond donors (Lipinski definition) is 2. The Balaban J connectivity index is 1.95. The van der Waals surface area contributed by atoms with Gasteiger partial charge in [0.1, 0.15) is 0 Å². The molecule has 0 aromatic carbocycles. The Labute approximate surface area is 87.0 Å². The summed E-state index contributed by atoms with van der Waals surface area (Å²) in [5, 5.41) is 6.89. The van der Waals surface area contributed by atoms with Gasteiger partial charge >= 0.3 is 0 Å². The SMILES string of the molecule is COCCNCCC1CN(C)CCN1. The average Bonchev–Trinajstić information content (AvgIpc) is 2.18. The van der Waals surface area contributed by atoms with Gasteiger partial charge < -0.3 is 20.3 Å². The van der Waals surface area contributed by atoms with Crippen LogP contribution in [0.4, 0.5) is 0 Å². The number of nitrogens with zero attached hydrogens (tertiary/aromatic N) is 1. The van der Waals surface area contributed by atoms with Crippen molar-refractivity contribution < 1.29 is 4.74 Å². The van der Waals surface area contributed by atoms with Crippen LogP contribution in [-0.4, -0.2) is 64.4 Å². The summed E-state index contributed by atoms with van der Waals surface area (Å²) in [7, 11) is 3.92. The number of rotatable bonds is 6. The number of piperazine rings is 1. The molecule has 0 bridgehead atoms. The first-order valence-corrected chi connectivity index (χ1v) is 5.44. The van der Waals surface area contributed by atoms with Gasteiger partial charge in [-0.15, -0.1) is 0 Å². The number of hydrogen-bond acceptors (Lipinski definition) is 4. The van der Waals surface area contributed by atoms with Crippen LogP contribution in [-0.2, 0) is 4.74 Å². The molecule has 14 heavy (non-hydrogen) atoms. The number of ether oxygens (including phenoxy) is 1. The highest BCUT2D eigenvalue weighted by atomic mass is 16.5. The van der Waals surface area contributed by atoms with Crippen molar-refractivity contribution in [3.05, 3.63) is 0 Å². The van der Waals surface area contributed by atoms with Crippen LogP contribution in [0.2, 0.25) is 0 Å². The molecule has 0 saturated carbocycles. The Kier molecular flexibility index (Phi) is 6.10. The third kappa shape index (κ3) is 4.91. The summed E-state index contributed by atoms with van der Waals surface area (Å²) >= 11 is 0. The summed E-state index contributed by atoms with van der Waals surface area (Å²) in [6, 6.07) is 0.656. The third-order valence-electron chi connectivity index (χ3n) is 2.61. The monoisotopic (exact) mass is 201 g/mol. The maximum absolute atomic E-state index is 4.96. The molecule has 1 atom stereocenters. The Morgan fingerprint density at radius 1 is 1.50 bits per heavy atom. The molecule has 1 saturated heterocycles. The van der Waals surface area contributed by atoms with Gasteiger partial charge in [-0.1, -0.05) is 0 Å². The molecule has 1 fully saturated rings. The van der Waals surface area contributed by atoms with E-state index in [0.717, 1.165) is 26.2 Å². The highest BCUT2D eigenvalue weighted by Crippen LogP contribution is 1.98. The molecule has 84 valence electrons. The highest BCUT2D eigenvalue weighted by molar-refractivity contribution is 4.77. The van der Waals surface area contributed by atoms with E-state index >= 15 is 0 Å². The molecule has 1 heterocycles. The zero-order valence-electron chi connectivity index (χ0n) is 9.38. The van der Waals surface area contributed by atoms with Crippen LogP contribution in [0.15, 0.2) is 0 Å². The Bertz CT molecular complexity index is 143. The maximum Gasteiger partial charge on any atom is 0.0587 e. The van der Waals surface area contributed by atoms with Crippen molar-refractivity contribution in [2.75, 3.05) is 53.5 Å². The zero-order chi connectivity index (χ0) is 10.2. The van der Waals surface area contributed by atoms with E-state index in [4.69, 9.17) is 4.74 Å². The van der Waals surface area contributed by atoms with Gasteiger partial charge in [0, 0.05) is 39.3 Å². The van der Waals surface area contributed by atoms with Crippen LogP contribution in [0.5, 0.6) is 0 Å². The molecule has 0 aromatic rings.